The van der Waals surface area contributed by atoms with Gasteiger partial charge in [-0.1, -0.05) is 30.3 Å². The molecule has 4 aromatic rings. The first-order valence-corrected chi connectivity index (χ1v) is 11.3. The molecule has 0 fully saturated rings. The average Bonchev–Trinajstić information content (AvgIpc) is 3.31. The van der Waals surface area contributed by atoms with Crippen LogP contribution in [0.2, 0.25) is 0 Å². The number of carbonyl (C=O) groups excluding carboxylic acids is 1. The van der Waals surface area contributed by atoms with E-state index in [2.05, 4.69) is 15.1 Å². The summed E-state index contributed by atoms with van der Waals surface area (Å²) in [6, 6.07) is 17.5. The molecule has 3 aromatic carbocycles. The number of nitrogens with zero attached hydrogens (tertiary/aromatic N) is 3. The highest BCUT2D eigenvalue weighted by Gasteiger charge is 2.26. The van der Waals surface area contributed by atoms with Crippen LogP contribution < -0.4 is 4.74 Å². The van der Waals surface area contributed by atoms with E-state index < -0.39 is 0 Å². The van der Waals surface area contributed by atoms with Crippen LogP contribution in [0.5, 0.6) is 5.75 Å². The Labute approximate surface area is 199 Å². The molecule has 1 aromatic heterocycles. The number of hydrogen-bond donors (Lipinski definition) is 1. The zero-order chi connectivity index (χ0) is 24.2. The predicted molar refractivity (Wildman–Crippen MR) is 132 cm³/mol. The lowest BCUT2D eigenvalue weighted by atomic mass is 9.99. The summed E-state index contributed by atoms with van der Waals surface area (Å²) in [6.45, 7) is 2.95. The molecule has 0 unspecified atom stereocenters. The molecule has 6 nitrogen and oxygen atoms in total. The van der Waals surface area contributed by atoms with Crippen LogP contribution in [0.25, 0.3) is 22.0 Å². The lowest BCUT2D eigenvalue weighted by Gasteiger charge is -2.31. The Bertz CT molecular complexity index is 1300. The van der Waals surface area contributed by atoms with Gasteiger partial charge in [0.25, 0.3) is 5.91 Å². The Balaban J connectivity index is 1.71. The fourth-order valence-corrected chi connectivity index (χ4v) is 4.21. The van der Waals surface area contributed by atoms with E-state index in [0.717, 1.165) is 22.0 Å². The van der Waals surface area contributed by atoms with Crippen LogP contribution >= 0.6 is 0 Å². The summed E-state index contributed by atoms with van der Waals surface area (Å²) in [5, 5.41) is 8.25. The van der Waals surface area contributed by atoms with Crippen molar-refractivity contribution in [2.45, 2.75) is 13.0 Å². The Hall–Kier alpha value is -3.71. The fourth-order valence-electron chi connectivity index (χ4n) is 4.21. The Morgan fingerprint density at radius 2 is 1.88 bits per heavy atom. The van der Waals surface area contributed by atoms with Crippen molar-refractivity contribution in [3.63, 3.8) is 0 Å². The highest BCUT2D eigenvalue weighted by Crippen LogP contribution is 2.33. The van der Waals surface area contributed by atoms with Crippen molar-refractivity contribution >= 4 is 16.8 Å². The molecule has 0 saturated carbocycles. The topological polar surface area (TPSA) is 61.5 Å². The Morgan fingerprint density at radius 1 is 1.09 bits per heavy atom. The van der Waals surface area contributed by atoms with Gasteiger partial charge in [-0.2, -0.15) is 5.10 Å². The van der Waals surface area contributed by atoms with E-state index in [1.807, 2.05) is 58.4 Å². The molecule has 1 atom stereocenters. The van der Waals surface area contributed by atoms with Crippen LogP contribution in [-0.4, -0.2) is 60.2 Å². The van der Waals surface area contributed by atoms with E-state index in [-0.39, 0.29) is 17.8 Å². The van der Waals surface area contributed by atoms with Crippen LogP contribution in [0.4, 0.5) is 4.39 Å². The number of aromatic nitrogens is 2. The maximum absolute atomic E-state index is 13.8. The number of benzene rings is 3. The largest absolute Gasteiger partial charge is 0.493 e. The minimum atomic E-state index is -0.320. The molecule has 0 aliphatic heterocycles. The molecule has 7 heteroatoms. The van der Waals surface area contributed by atoms with Crippen molar-refractivity contribution in [2.24, 2.45) is 0 Å². The molecule has 1 amide bonds. The van der Waals surface area contributed by atoms with Gasteiger partial charge in [0.2, 0.25) is 0 Å². The summed E-state index contributed by atoms with van der Waals surface area (Å²) in [5.41, 5.74) is 3.87. The van der Waals surface area contributed by atoms with Gasteiger partial charge in [0.15, 0.2) is 0 Å². The van der Waals surface area contributed by atoms with E-state index in [4.69, 9.17) is 4.74 Å². The number of hydrogen-bond acceptors (Lipinski definition) is 4. The van der Waals surface area contributed by atoms with Gasteiger partial charge in [-0.05, 0) is 56.9 Å². The number of ether oxygens (including phenoxy) is 1. The second kappa shape index (κ2) is 10.1. The van der Waals surface area contributed by atoms with Gasteiger partial charge in [-0.15, -0.1) is 0 Å². The predicted octanol–water partition coefficient (Wildman–Crippen LogP) is 5.14. The summed E-state index contributed by atoms with van der Waals surface area (Å²) in [4.78, 5) is 17.5. The van der Waals surface area contributed by atoms with Crippen molar-refractivity contribution < 1.29 is 13.9 Å². The van der Waals surface area contributed by atoms with Gasteiger partial charge in [0.1, 0.15) is 11.6 Å². The van der Waals surface area contributed by atoms with E-state index in [0.29, 0.717) is 30.0 Å². The highest BCUT2D eigenvalue weighted by atomic mass is 19.1. The number of likely N-dealkylation sites (N-methyl/N-ethyl adjacent to an activating group) is 2. The third-order valence-corrected chi connectivity index (χ3v) is 5.86. The standard InChI is InChI=1S/C27H29FN4O2/c1-5-34-25-15-19(12-13-22(25)18-8-6-10-21(28)14-18)27(33)32(4)24(17-31(2)3)23-11-7-9-20-16-29-30-26(20)23/h6-16,24H,5,17H2,1-4H3,(H,29,30)/t24-/m1/s1. The summed E-state index contributed by atoms with van der Waals surface area (Å²) >= 11 is 0. The number of rotatable bonds is 8. The summed E-state index contributed by atoms with van der Waals surface area (Å²) in [7, 11) is 5.78. The maximum Gasteiger partial charge on any atom is 0.254 e. The zero-order valence-electron chi connectivity index (χ0n) is 19.9. The second-order valence-corrected chi connectivity index (χ2v) is 8.53. The van der Waals surface area contributed by atoms with Gasteiger partial charge >= 0.3 is 0 Å². The van der Waals surface area contributed by atoms with E-state index in [9.17, 15) is 9.18 Å². The smallest absolute Gasteiger partial charge is 0.254 e. The number of H-pyrrole nitrogens is 1. The molecule has 0 aliphatic rings. The molecule has 0 saturated heterocycles. The number of aromatic amines is 1. The molecule has 4 rings (SSSR count). The van der Waals surface area contributed by atoms with Crippen molar-refractivity contribution in [3.8, 4) is 16.9 Å². The molecular weight excluding hydrogens is 431 g/mol. The van der Waals surface area contributed by atoms with Crippen molar-refractivity contribution in [1.82, 2.24) is 20.0 Å². The van der Waals surface area contributed by atoms with Gasteiger partial charge < -0.3 is 14.5 Å². The third kappa shape index (κ3) is 4.79. The highest BCUT2D eigenvalue weighted by molar-refractivity contribution is 5.96. The van der Waals surface area contributed by atoms with Crippen LogP contribution in [0.3, 0.4) is 0 Å². The lowest BCUT2D eigenvalue weighted by molar-refractivity contribution is 0.0706. The van der Waals surface area contributed by atoms with Crippen LogP contribution in [0.15, 0.2) is 66.9 Å². The molecule has 1 heterocycles. The molecule has 34 heavy (non-hydrogen) atoms. The van der Waals surface area contributed by atoms with Crippen LogP contribution in [0.1, 0.15) is 28.9 Å². The Morgan fingerprint density at radius 3 is 2.62 bits per heavy atom. The number of halogens is 1. The number of nitrogens with one attached hydrogen (secondary N) is 1. The number of para-hydroxylation sites is 1. The maximum atomic E-state index is 13.8. The SMILES string of the molecule is CCOc1cc(C(=O)N(C)[C@H](CN(C)C)c2cccc3cn[nH]c23)ccc1-c1cccc(F)c1. The zero-order valence-corrected chi connectivity index (χ0v) is 19.9. The first-order chi connectivity index (χ1) is 16.4. The first-order valence-electron chi connectivity index (χ1n) is 11.3. The Kier molecular flexibility index (Phi) is 6.93. The molecule has 0 aliphatic carbocycles. The second-order valence-electron chi connectivity index (χ2n) is 8.53. The summed E-state index contributed by atoms with van der Waals surface area (Å²) < 4.78 is 19.7. The van der Waals surface area contributed by atoms with Crippen molar-refractivity contribution in [2.75, 3.05) is 34.3 Å². The normalized spacial score (nSPS) is 12.2. The number of fused-ring (bicyclic) bond motifs is 1. The quantitative estimate of drug-likeness (QED) is 0.395. The van der Waals surface area contributed by atoms with Crippen LogP contribution in [-0.2, 0) is 0 Å². The molecular formula is C27H29FN4O2. The van der Waals surface area contributed by atoms with Gasteiger partial charge in [0.05, 0.1) is 24.4 Å². The average molecular weight is 461 g/mol. The van der Waals surface area contributed by atoms with E-state index in [1.165, 1.54) is 12.1 Å². The minimum Gasteiger partial charge on any atom is -0.493 e. The molecule has 0 bridgehead atoms. The molecule has 1 N–H and O–H groups in total. The third-order valence-electron chi connectivity index (χ3n) is 5.86. The van der Waals surface area contributed by atoms with Gasteiger partial charge in [-0.3, -0.25) is 9.89 Å². The van der Waals surface area contributed by atoms with Gasteiger partial charge in [-0.25, -0.2) is 4.39 Å². The van der Waals surface area contributed by atoms with E-state index in [1.54, 1.807) is 29.3 Å². The molecule has 176 valence electrons. The van der Waals surface area contributed by atoms with Gasteiger partial charge in [0, 0.05) is 35.7 Å². The van der Waals surface area contributed by atoms with Crippen LogP contribution in [0, 0.1) is 5.82 Å². The lowest BCUT2D eigenvalue weighted by Crippen LogP contribution is -2.37. The van der Waals surface area contributed by atoms with Crippen molar-refractivity contribution in [1.29, 1.82) is 0 Å². The number of amides is 1. The number of carbonyl (C=O) groups is 1. The molecule has 0 radical (unpaired) electrons. The first kappa shape index (κ1) is 23.4. The fraction of sp³-hybridized carbons (Fsp3) is 0.259. The molecule has 0 spiro atoms. The van der Waals surface area contributed by atoms with E-state index >= 15 is 0 Å². The summed E-state index contributed by atoms with van der Waals surface area (Å²) in [5.74, 6) is 0.0987. The minimum absolute atomic E-state index is 0.130. The monoisotopic (exact) mass is 460 g/mol. The van der Waals surface area contributed by atoms with Crippen molar-refractivity contribution in [3.05, 3.63) is 83.8 Å². The summed E-state index contributed by atoms with van der Waals surface area (Å²) in [6.07, 6.45) is 1.78.